The topological polar surface area (TPSA) is 127 Å². The first-order valence-electron chi connectivity index (χ1n) is 8.30. The molecule has 156 valence electrons. The first-order chi connectivity index (χ1) is 13.7. The Labute approximate surface area is 174 Å². The summed E-state index contributed by atoms with van der Waals surface area (Å²) in [5, 5.41) is 2.62. The second-order valence-corrected chi connectivity index (χ2v) is 6.59. The number of oxime groups is 1. The smallest absolute Gasteiger partial charge is 0.365 e. The molecule has 0 unspecified atom stereocenters. The molecule has 0 bridgehead atoms. The number of hydrogen-bond donors (Lipinski definition) is 0. The molecule has 1 aliphatic heterocycles. The molecule has 11 heteroatoms. The molecule has 2 rings (SSSR count). The monoisotopic (exact) mass is 471 g/mol. The van der Waals surface area contributed by atoms with Gasteiger partial charge >= 0.3 is 23.9 Å². The van der Waals surface area contributed by atoms with E-state index in [1.165, 1.54) is 12.1 Å². The van der Waals surface area contributed by atoms with Gasteiger partial charge in [0.15, 0.2) is 23.3 Å². The number of esters is 3. The van der Waals surface area contributed by atoms with Gasteiger partial charge in [-0.25, -0.2) is 9.59 Å². The van der Waals surface area contributed by atoms with Gasteiger partial charge in [0.2, 0.25) is 0 Å². The van der Waals surface area contributed by atoms with Crippen molar-refractivity contribution in [3.63, 3.8) is 0 Å². The molecule has 0 spiro atoms. The maximum Gasteiger partial charge on any atom is 0.365 e. The van der Waals surface area contributed by atoms with Crippen LogP contribution in [0.4, 0.5) is 0 Å². The van der Waals surface area contributed by atoms with Crippen LogP contribution in [0.25, 0.3) is 0 Å². The van der Waals surface area contributed by atoms with Crippen LogP contribution in [0.3, 0.4) is 0 Å². The molecular formula is C18H18BrNO9. The second kappa shape index (κ2) is 10.1. The fraction of sp³-hybridized carbons (Fsp3) is 0.389. The lowest BCUT2D eigenvalue weighted by Crippen LogP contribution is -2.59. The molecular weight excluding hydrogens is 454 g/mol. The van der Waals surface area contributed by atoms with Gasteiger partial charge in [-0.15, -0.1) is 0 Å². The van der Waals surface area contributed by atoms with E-state index < -0.39 is 47.2 Å². The molecule has 10 nitrogen and oxygen atoms in total. The zero-order chi connectivity index (χ0) is 21.6. The van der Waals surface area contributed by atoms with Crippen molar-refractivity contribution in [2.24, 2.45) is 5.16 Å². The van der Waals surface area contributed by atoms with Crippen LogP contribution in [0.1, 0.15) is 24.2 Å². The summed E-state index contributed by atoms with van der Waals surface area (Å²) < 4.78 is 20.4. The van der Waals surface area contributed by atoms with E-state index in [0.717, 1.165) is 21.0 Å². The number of carbonyl (C=O) groups excluding carboxylic acids is 4. The Hall–Kier alpha value is -2.79. The van der Waals surface area contributed by atoms with Gasteiger partial charge in [-0.1, -0.05) is 39.3 Å². The molecule has 1 heterocycles. The van der Waals surface area contributed by atoms with Gasteiger partial charge in [0.25, 0.3) is 0 Å². The molecule has 1 aliphatic rings. The SMILES string of the molecule is COC(=O)[C@H]1O[C@H](Br)/C(=N/OC(=O)c2ccccc2)[C@@H](OC(C)=O)[C@@H]1OC(C)=O. The number of ether oxygens (including phenoxy) is 4. The summed E-state index contributed by atoms with van der Waals surface area (Å²) in [7, 11) is 1.12. The molecule has 0 aromatic heterocycles. The molecule has 1 fully saturated rings. The Balaban J connectivity index is 2.37. The number of benzene rings is 1. The third-order valence-electron chi connectivity index (χ3n) is 3.66. The molecule has 1 aromatic carbocycles. The molecule has 0 aliphatic carbocycles. The molecule has 4 atom stereocenters. The van der Waals surface area contributed by atoms with E-state index in [4.69, 9.17) is 19.0 Å². The van der Waals surface area contributed by atoms with Crippen molar-refractivity contribution in [3.8, 4) is 0 Å². The van der Waals surface area contributed by atoms with Crippen molar-refractivity contribution in [2.75, 3.05) is 7.11 Å². The second-order valence-electron chi connectivity index (χ2n) is 5.76. The minimum absolute atomic E-state index is 0.129. The normalized spacial score (nSPS) is 25.0. The van der Waals surface area contributed by atoms with E-state index in [-0.39, 0.29) is 11.3 Å². The highest BCUT2D eigenvalue weighted by molar-refractivity contribution is 9.09. The van der Waals surface area contributed by atoms with Crippen LogP contribution >= 0.6 is 15.9 Å². The molecule has 0 radical (unpaired) electrons. The van der Waals surface area contributed by atoms with Gasteiger partial charge in [0, 0.05) is 13.8 Å². The van der Waals surface area contributed by atoms with Crippen LogP contribution in [0.2, 0.25) is 0 Å². The highest BCUT2D eigenvalue weighted by Crippen LogP contribution is 2.28. The Morgan fingerprint density at radius 3 is 2.21 bits per heavy atom. The molecule has 0 amide bonds. The summed E-state index contributed by atoms with van der Waals surface area (Å²) in [5.74, 6) is -3.16. The molecule has 1 aromatic rings. The van der Waals surface area contributed by atoms with Gasteiger partial charge < -0.3 is 23.8 Å². The van der Waals surface area contributed by atoms with E-state index in [0.29, 0.717) is 0 Å². The third kappa shape index (κ3) is 5.84. The molecule has 0 saturated carbocycles. The molecule has 0 N–H and O–H groups in total. The highest BCUT2D eigenvalue weighted by Gasteiger charge is 2.51. The van der Waals surface area contributed by atoms with Crippen molar-refractivity contribution in [1.82, 2.24) is 0 Å². The molecule has 29 heavy (non-hydrogen) atoms. The summed E-state index contributed by atoms with van der Waals surface area (Å²) in [5.41, 5.74) is 0.101. The predicted molar refractivity (Wildman–Crippen MR) is 100 cm³/mol. The fourth-order valence-electron chi connectivity index (χ4n) is 2.47. The number of carbonyl (C=O) groups is 4. The first-order valence-corrected chi connectivity index (χ1v) is 9.22. The van der Waals surface area contributed by atoms with Crippen molar-refractivity contribution in [1.29, 1.82) is 0 Å². The van der Waals surface area contributed by atoms with Gasteiger partial charge in [-0.2, -0.15) is 0 Å². The average Bonchev–Trinajstić information content (AvgIpc) is 2.68. The predicted octanol–water partition coefficient (Wildman–Crippen LogP) is 1.36. The lowest BCUT2D eigenvalue weighted by atomic mass is 10.00. The standard InChI is InChI=1S/C18H18BrNO9/c1-9(21)26-13-12(20-29-17(23)11-7-5-4-6-8-11)16(19)28-15(18(24)25-3)14(13)27-10(2)22/h4-8,13-16H,1-3H3/b20-12+/t13-,14+,15+,16+/m1/s1. The summed E-state index contributed by atoms with van der Waals surface area (Å²) >= 11 is 3.14. The van der Waals surface area contributed by atoms with E-state index >= 15 is 0 Å². The average molecular weight is 472 g/mol. The number of halogens is 1. The van der Waals surface area contributed by atoms with Crippen molar-refractivity contribution >= 4 is 45.5 Å². The summed E-state index contributed by atoms with van der Waals surface area (Å²) in [4.78, 5) is 52.3. The maximum atomic E-state index is 12.1. The lowest BCUT2D eigenvalue weighted by molar-refractivity contribution is -0.188. The quantitative estimate of drug-likeness (QED) is 0.205. The Bertz CT molecular complexity index is 811. The zero-order valence-electron chi connectivity index (χ0n) is 15.7. The summed E-state index contributed by atoms with van der Waals surface area (Å²) in [6.07, 6.45) is -4.20. The maximum absolute atomic E-state index is 12.1. The number of nitrogens with zero attached hydrogens (tertiary/aromatic N) is 1. The lowest BCUT2D eigenvalue weighted by Gasteiger charge is -2.37. The van der Waals surface area contributed by atoms with Crippen LogP contribution in [0, 0.1) is 0 Å². The number of alkyl halides is 1. The van der Waals surface area contributed by atoms with E-state index in [1.54, 1.807) is 18.2 Å². The van der Waals surface area contributed by atoms with Crippen LogP contribution in [0.15, 0.2) is 35.5 Å². The minimum atomic E-state index is -1.42. The van der Waals surface area contributed by atoms with Gasteiger partial charge in [-0.05, 0) is 12.1 Å². The minimum Gasteiger partial charge on any atom is -0.467 e. The van der Waals surface area contributed by atoms with E-state index in [2.05, 4.69) is 25.8 Å². The summed E-state index contributed by atoms with van der Waals surface area (Å²) in [6.45, 7) is 2.22. The van der Waals surface area contributed by atoms with Crippen molar-refractivity contribution < 1.29 is 43.0 Å². The van der Waals surface area contributed by atoms with Crippen LogP contribution < -0.4 is 0 Å². The van der Waals surface area contributed by atoms with E-state index in [9.17, 15) is 19.2 Å². The Morgan fingerprint density at radius 1 is 1.03 bits per heavy atom. The van der Waals surface area contributed by atoms with Gasteiger partial charge in [-0.3, -0.25) is 9.59 Å². The first kappa shape index (κ1) is 22.5. The fourth-order valence-corrected chi connectivity index (χ4v) is 3.05. The number of methoxy groups -OCH3 is 1. The molecule has 1 saturated heterocycles. The highest BCUT2D eigenvalue weighted by atomic mass is 79.9. The van der Waals surface area contributed by atoms with Gasteiger partial charge in [0.05, 0.1) is 12.7 Å². The summed E-state index contributed by atoms with van der Waals surface area (Å²) in [6, 6.07) is 8.04. The Morgan fingerprint density at radius 2 is 1.66 bits per heavy atom. The van der Waals surface area contributed by atoms with E-state index in [1.807, 2.05) is 0 Å². The Kier molecular flexibility index (Phi) is 7.85. The van der Waals surface area contributed by atoms with Crippen molar-refractivity contribution in [3.05, 3.63) is 35.9 Å². The largest absolute Gasteiger partial charge is 0.467 e. The van der Waals surface area contributed by atoms with Crippen LogP contribution in [-0.2, 0) is 38.2 Å². The van der Waals surface area contributed by atoms with Gasteiger partial charge in [0.1, 0.15) is 5.71 Å². The van der Waals surface area contributed by atoms with Crippen molar-refractivity contribution in [2.45, 2.75) is 37.2 Å². The number of rotatable bonds is 5. The zero-order valence-corrected chi connectivity index (χ0v) is 17.3. The van der Waals surface area contributed by atoms with Crippen LogP contribution in [-0.4, -0.2) is 60.0 Å². The number of hydrogen-bond acceptors (Lipinski definition) is 10. The third-order valence-corrected chi connectivity index (χ3v) is 4.34. The van der Waals surface area contributed by atoms with Crippen LogP contribution in [0.5, 0.6) is 0 Å².